The second-order valence-electron chi connectivity index (χ2n) is 7.74. The van der Waals surface area contributed by atoms with Gasteiger partial charge in [-0.25, -0.2) is 4.79 Å². The molecule has 1 aliphatic heterocycles. The van der Waals surface area contributed by atoms with Crippen molar-refractivity contribution >= 4 is 34.7 Å². The van der Waals surface area contributed by atoms with E-state index in [9.17, 15) is 19.2 Å². The van der Waals surface area contributed by atoms with Crippen LogP contribution in [0.5, 0.6) is 0 Å². The number of hydrogen-bond acceptors (Lipinski definition) is 7. The summed E-state index contributed by atoms with van der Waals surface area (Å²) in [6.07, 6.45) is 1.12. The molecule has 1 fully saturated rings. The quantitative estimate of drug-likeness (QED) is 0.521. The number of amides is 4. The van der Waals surface area contributed by atoms with Gasteiger partial charge in [0, 0.05) is 44.1 Å². The van der Waals surface area contributed by atoms with Crippen molar-refractivity contribution < 1.29 is 24.0 Å². The van der Waals surface area contributed by atoms with Gasteiger partial charge in [0.2, 0.25) is 5.91 Å². The van der Waals surface area contributed by atoms with Crippen molar-refractivity contribution in [2.75, 3.05) is 26.2 Å². The largest absolute Gasteiger partial charge is 0.432 e. The molecule has 10 heteroatoms. The van der Waals surface area contributed by atoms with E-state index < -0.39 is 17.9 Å². The van der Waals surface area contributed by atoms with E-state index >= 15 is 0 Å². The van der Waals surface area contributed by atoms with Crippen molar-refractivity contribution in [3.05, 3.63) is 41.6 Å². The summed E-state index contributed by atoms with van der Waals surface area (Å²) in [5, 5.41) is 6.79. The fraction of sp³-hybridized carbons (Fsp3) is 0.435. The molecule has 176 valence electrons. The zero-order valence-corrected chi connectivity index (χ0v) is 18.9. The van der Waals surface area contributed by atoms with Gasteiger partial charge in [-0.05, 0) is 42.4 Å². The second kappa shape index (κ2) is 11.4. The number of likely N-dealkylation sites (N-methyl/N-ethyl adjacent to an activating group) is 1. The molecule has 2 heterocycles. The number of hydroxylamine groups is 2. The number of pyridine rings is 1. The summed E-state index contributed by atoms with van der Waals surface area (Å²) >= 11 is 0. The molecular weight excluding hydrogens is 426 g/mol. The van der Waals surface area contributed by atoms with E-state index in [4.69, 9.17) is 4.84 Å². The van der Waals surface area contributed by atoms with Crippen LogP contribution >= 0.6 is 0 Å². The zero-order valence-electron chi connectivity index (χ0n) is 18.9. The number of hydrogen-bond donors (Lipinski definition) is 2. The number of carbonyl (C=O) groups excluding carboxylic acids is 4. The molecular formula is C23H29N5O5. The summed E-state index contributed by atoms with van der Waals surface area (Å²) in [6, 6.07) is 7.38. The summed E-state index contributed by atoms with van der Waals surface area (Å²) in [7, 11) is 0. The molecule has 0 radical (unpaired) electrons. The third-order valence-corrected chi connectivity index (χ3v) is 5.43. The van der Waals surface area contributed by atoms with Gasteiger partial charge in [0.1, 0.15) is 0 Å². The van der Waals surface area contributed by atoms with Crippen LogP contribution in [0.3, 0.4) is 0 Å². The molecule has 3 rings (SSSR count). The first kappa shape index (κ1) is 24.1. The average molecular weight is 456 g/mol. The topological polar surface area (TPSA) is 121 Å². The minimum atomic E-state index is -0.882. The van der Waals surface area contributed by atoms with E-state index in [0.29, 0.717) is 11.6 Å². The predicted octanol–water partition coefficient (Wildman–Crippen LogP) is 1.53. The van der Waals surface area contributed by atoms with Crippen LogP contribution < -0.4 is 10.6 Å². The van der Waals surface area contributed by atoms with Crippen LogP contribution in [0.4, 0.5) is 4.79 Å². The van der Waals surface area contributed by atoms with E-state index in [1.165, 1.54) is 0 Å². The SMILES string of the molecule is CCN(CC)CCNC(=O)Cc1cnc2ccc(CNC(=O)ON3C(=O)CCC3=O)cc2c1. The Labute approximate surface area is 192 Å². The lowest BCUT2D eigenvalue weighted by Gasteiger charge is -2.17. The maximum Gasteiger partial charge on any atom is 0.432 e. The van der Waals surface area contributed by atoms with Gasteiger partial charge in [0.15, 0.2) is 0 Å². The Bertz CT molecular complexity index is 1020. The molecule has 1 aliphatic rings. The summed E-state index contributed by atoms with van der Waals surface area (Å²) in [6.45, 7) is 7.63. The molecule has 33 heavy (non-hydrogen) atoms. The van der Waals surface area contributed by atoms with Gasteiger partial charge in [-0.15, -0.1) is 5.06 Å². The molecule has 0 unspecified atom stereocenters. The van der Waals surface area contributed by atoms with Crippen molar-refractivity contribution in [1.29, 1.82) is 0 Å². The monoisotopic (exact) mass is 455 g/mol. The van der Waals surface area contributed by atoms with E-state index in [1.54, 1.807) is 12.3 Å². The Kier molecular flexibility index (Phi) is 8.31. The van der Waals surface area contributed by atoms with E-state index in [-0.39, 0.29) is 31.7 Å². The van der Waals surface area contributed by atoms with Crippen LogP contribution in [0.1, 0.15) is 37.8 Å². The van der Waals surface area contributed by atoms with Crippen LogP contribution in [0.25, 0.3) is 10.9 Å². The Morgan fingerprint density at radius 1 is 1.06 bits per heavy atom. The second-order valence-corrected chi connectivity index (χ2v) is 7.74. The highest BCUT2D eigenvalue weighted by molar-refractivity contribution is 6.01. The molecule has 1 aromatic carbocycles. The molecule has 0 saturated carbocycles. The minimum absolute atomic E-state index is 0.0417. The molecule has 2 aromatic rings. The molecule has 0 aliphatic carbocycles. The summed E-state index contributed by atoms with van der Waals surface area (Å²) in [4.78, 5) is 58.7. The fourth-order valence-electron chi connectivity index (χ4n) is 3.52. The Hall–Kier alpha value is -3.53. The zero-order chi connectivity index (χ0) is 23.8. The van der Waals surface area contributed by atoms with E-state index in [1.807, 2.05) is 18.2 Å². The normalized spacial score (nSPS) is 13.6. The lowest BCUT2D eigenvalue weighted by Crippen LogP contribution is -2.36. The summed E-state index contributed by atoms with van der Waals surface area (Å²) in [5.41, 5.74) is 2.33. The fourth-order valence-corrected chi connectivity index (χ4v) is 3.52. The highest BCUT2D eigenvalue weighted by Gasteiger charge is 2.32. The van der Waals surface area contributed by atoms with Crippen LogP contribution in [0.2, 0.25) is 0 Å². The first-order valence-corrected chi connectivity index (χ1v) is 11.1. The van der Waals surface area contributed by atoms with Gasteiger partial charge in [0.25, 0.3) is 11.8 Å². The Balaban J connectivity index is 1.54. The molecule has 1 saturated heterocycles. The number of nitrogens with zero attached hydrogens (tertiary/aromatic N) is 3. The maximum absolute atomic E-state index is 12.3. The highest BCUT2D eigenvalue weighted by Crippen LogP contribution is 2.17. The third-order valence-electron chi connectivity index (χ3n) is 5.43. The van der Waals surface area contributed by atoms with Crippen LogP contribution in [0, 0.1) is 0 Å². The molecule has 1 aromatic heterocycles. The summed E-state index contributed by atoms with van der Waals surface area (Å²) in [5.74, 6) is -1.12. The molecule has 10 nitrogen and oxygen atoms in total. The maximum atomic E-state index is 12.3. The summed E-state index contributed by atoms with van der Waals surface area (Å²) < 4.78 is 0. The number of nitrogens with one attached hydrogen (secondary N) is 2. The van der Waals surface area contributed by atoms with Crippen molar-refractivity contribution in [2.24, 2.45) is 0 Å². The van der Waals surface area contributed by atoms with Gasteiger partial charge in [-0.1, -0.05) is 19.9 Å². The highest BCUT2D eigenvalue weighted by atomic mass is 16.7. The van der Waals surface area contributed by atoms with Gasteiger partial charge in [0.05, 0.1) is 11.9 Å². The third kappa shape index (κ3) is 6.72. The molecule has 0 atom stereocenters. The molecule has 2 N–H and O–H groups in total. The number of benzene rings is 1. The number of rotatable bonds is 10. The van der Waals surface area contributed by atoms with Crippen molar-refractivity contribution in [3.8, 4) is 0 Å². The smallest absolute Gasteiger partial charge is 0.355 e. The van der Waals surface area contributed by atoms with Crippen LogP contribution in [-0.4, -0.2) is 64.9 Å². The van der Waals surface area contributed by atoms with Crippen molar-refractivity contribution in [2.45, 2.75) is 39.7 Å². The number of carbonyl (C=O) groups is 4. The molecule has 0 spiro atoms. The van der Waals surface area contributed by atoms with Gasteiger partial charge in [-0.3, -0.25) is 19.4 Å². The standard InChI is InChI=1S/C23H29N5O5/c1-3-27(4-2)10-9-24-20(29)13-17-12-18-11-16(5-6-19(18)25-15-17)14-26-23(32)33-28-21(30)7-8-22(28)31/h5-6,11-12,15H,3-4,7-10,13-14H2,1-2H3,(H,24,29)(H,26,32). The number of imide groups is 1. The van der Waals surface area contributed by atoms with Crippen LogP contribution in [0.15, 0.2) is 30.5 Å². The Morgan fingerprint density at radius 3 is 2.45 bits per heavy atom. The lowest BCUT2D eigenvalue weighted by molar-refractivity contribution is -0.171. The first-order valence-electron chi connectivity index (χ1n) is 11.1. The van der Waals surface area contributed by atoms with Crippen LogP contribution in [-0.2, 0) is 32.2 Å². The Morgan fingerprint density at radius 2 is 1.76 bits per heavy atom. The number of aromatic nitrogens is 1. The van der Waals surface area contributed by atoms with Gasteiger partial charge >= 0.3 is 6.09 Å². The molecule has 4 amide bonds. The van der Waals surface area contributed by atoms with E-state index in [2.05, 4.69) is 34.4 Å². The number of fused-ring (bicyclic) bond motifs is 1. The minimum Gasteiger partial charge on any atom is -0.355 e. The molecule has 0 bridgehead atoms. The predicted molar refractivity (Wildman–Crippen MR) is 121 cm³/mol. The first-order chi connectivity index (χ1) is 15.9. The van der Waals surface area contributed by atoms with E-state index in [0.717, 1.165) is 41.7 Å². The van der Waals surface area contributed by atoms with Crippen molar-refractivity contribution in [3.63, 3.8) is 0 Å². The average Bonchev–Trinajstić information content (AvgIpc) is 3.12. The van der Waals surface area contributed by atoms with Gasteiger partial charge < -0.3 is 20.4 Å². The van der Waals surface area contributed by atoms with Gasteiger partial charge in [-0.2, -0.15) is 0 Å². The van der Waals surface area contributed by atoms with Crippen molar-refractivity contribution in [1.82, 2.24) is 25.6 Å². The lowest BCUT2D eigenvalue weighted by atomic mass is 10.1.